The molecule has 0 aliphatic heterocycles. The molecule has 90 valence electrons. The van der Waals surface area contributed by atoms with E-state index in [1.807, 2.05) is 0 Å². The average molecular weight is 234 g/mol. The van der Waals surface area contributed by atoms with Gasteiger partial charge in [-0.15, -0.1) is 0 Å². The highest BCUT2D eigenvalue weighted by Crippen LogP contribution is 2.35. The molecule has 0 saturated heterocycles. The lowest BCUT2D eigenvalue weighted by Crippen LogP contribution is -2.14. The van der Waals surface area contributed by atoms with Crippen LogP contribution in [0.2, 0.25) is 0 Å². The Balaban J connectivity index is 2.49. The van der Waals surface area contributed by atoms with Crippen LogP contribution in [-0.4, -0.2) is 23.3 Å². The largest absolute Gasteiger partial charge is 0.465 e. The van der Waals surface area contributed by atoms with Crippen LogP contribution < -0.4 is 0 Å². The molecule has 2 rings (SSSR count). The number of aliphatic hydroxyl groups is 2. The maximum Gasteiger partial charge on any atom is 0.337 e. The van der Waals surface area contributed by atoms with Crippen molar-refractivity contribution in [1.29, 1.82) is 0 Å². The van der Waals surface area contributed by atoms with Gasteiger partial charge in [-0.25, -0.2) is 4.79 Å². The average Bonchev–Trinajstić information content (AvgIpc) is 2.34. The third kappa shape index (κ3) is 1.97. The number of benzene rings is 1. The zero-order chi connectivity index (χ0) is 12.6. The summed E-state index contributed by atoms with van der Waals surface area (Å²) in [6, 6.07) is 4.78. The first-order valence-corrected chi connectivity index (χ1v) is 5.31. The van der Waals surface area contributed by atoms with Gasteiger partial charge in [0.05, 0.1) is 18.8 Å². The lowest BCUT2D eigenvalue weighted by Gasteiger charge is -2.24. The first-order chi connectivity index (χ1) is 8.04. The van der Waals surface area contributed by atoms with Crippen LogP contribution in [-0.2, 0) is 4.74 Å². The van der Waals surface area contributed by atoms with Crippen LogP contribution in [0.5, 0.6) is 0 Å². The number of ether oxygens (including phenoxy) is 1. The summed E-state index contributed by atoms with van der Waals surface area (Å²) in [5.41, 5.74) is 2.25. The maximum absolute atomic E-state index is 11.4. The van der Waals surface area contributed by atoms with Gasteiger partial charge in [-0.3, -0.25) is 0 Å². The van der Waals surface area contributed by atoms with E-state index in [0.29, 0.717) is 22.3 Å². The molecule has 2 unspecified atom stereocenters. The summed E-state index contributed by atoms with van der Waals surface area (Å²) in [6.07, 6.45) is 0.0618. The minimum absolute atomic E-state index is 0.366. The predicted octanol–water partition coefficient (Wildman–Crippen LogP) is 1.50. The highest BCUT2D eigenvalue weighted by atomic mass is 16.5. The second-order valence-corrected chi connectivity index (χ2v) is 4.09. The molecule has 0 bridgehead atoms. The minimum Gasteiger partial charge on any atom is -0.465 e. The van der Waals surface area contributed by atoms with Gasteiger partial charge in [0.2, 0.25) is 0 Å². The van der Waals surface area contributed by atoms with Crippen molar-refractivity contribution in [2.45, 2.75) is 19.1 Å². The van der Waals surface area contributed by atoms with Crippen molar-refractivity contribution in [3.63, 3.8) is 0 Å². The van der Waals surface area contributed by atoms with Gasteiger partial charge in [0.15, 0.2) is 0 Å². The molecule has 1 aliphatic carbocycles. The maximum atomic E-state index is 11.4. The van der Waals surface area contributed by atoms with Gasteiger partial charge in [-0.1, -0.05) is 6.07 Å². The lowest BCUT2D eigenvalue weighted by molar-refractivity contribution is 0.0600. The van der Waals surface area contributed by atoms with Gasteiger partial charge < -0.3 is 14.9 Å². The lowest BCUT2D eigenvalue weighted by atomic mass is 9.87. The fourth-order valence-electron chi connectivity index (χ4n) is 2.00. The molecular weight excluding hydrogens is 220 g/mol. The van der Waals surface area contributed by atoms with Crippen molar-refractivity contribution in [3.05, 3.63) is 46.5 Å². The molecule has 0 aromatic heterocycles. The number of fused-ring (bicyclic) bond motifs is 1. The Labute approximate surface area is 99.2 Å². The third-order valence-corrected chi connectivity index (χ3v) is 2.97. The van der Waals surface area contributed by atoms with Crippen molar-refractivity contribution >= 4 is 5.97 Å². The molecular formula is C13H14O4. The van der Waals surface area contributed by atoms with E-state index in [2.05, 4.69) is 4.74 Å². The topological polar surface area (TPSA) is 66.8 Å². The van der Waals surface area contributed by atoms with Crippen LogP contribution in [0.4, 0.5) is 0 Å². The number of methoxy groups -OCH3 is 1. The SMILES string of the molecule is COC(=O)c1ccc2c(c1)C(O)C=C(C)C2O. The second-order valence-electron chi connectivity index (χ2n) is 4.09. The Bertz CT molecular complexity index is 490. The van der Waals surface area contributed by atoms with Crippen LogP contribution in [0.25, 0.3) is 0 Å². The first kappa shape index (κ1) is 11.8. The first-order valence-electron chi connectivity index (χ1n) is 5.31. The number of esters is 1. The molecule has 0 saturated carbocycles. The van der Waals surface area contributed by atoms with E-state index < -0.39 is 18.2 Å². The number of hydrogen-bond acceptors (Lipinski definition) is 4. The van der Waals surface area contributed by atoms with Gasteiger partial charge >= 0.3 is 5.97 Å². The molecule has 1 aromatic carbocycles. The normalized spacial score (nSPS) is 22.7. The van der Waals surface area contributed by atoms with E-state index in [1.54, 1.807) is 31.2 Å². The number of aliphatic hydroxyl groups excluding tert-OH is 2. The molecule has 4 nitrogen and oxygen atoms in total. The van der Waals surface area contributed by atoms with Crippen LogP contribution in [0.15, 0.2) is 29.8 Å². The molecule has 2 atom stereocenters. The zero-order valence-corrected chi connectivity index (χ0v) is 9.68. The standard InChI is InChI=1S/C13H14O4/c1-7-5-11(14)10-6-8(13(16)17-2)3-4-9(10)12(7)15/h3-6,11-12,14-15H,1-2H3. The Kier molecular flexibility index (Phi) is 3.00. The van der Waals surface area contributed by atoms with Crippen molar-refractivity contribution in [2.24, 2.45) is 0 Å². The summed E-state index contributed by atoms with van der Waals surface area (Å²) in [6.45, 7) is 1.76. The van der Waals surface area contributed by atoms with Crippen molar-refractivity contribution < 1.29 is 19.7 Å². The molecule has 0 amide bonds. The number of carbonyl (C=O) groups excluding carboxylic acids is 1. The van der Waals surface area contributed by atoms with Gasteiger partial charge in [-0.2, -0.15) is 0 Å². The molecule has 1 aliphatic rings. The number of carbonyl (C=O) groups is 1. The van der Waals surface area contributed by atoms with Gasteiger partial charge in [0.25, 0.3) is 0 Å². The van der Waals surface area contributed by atoms with E-state index in [4.69, 9.17) is 0 Å². The number of hydrogen-bond donors (Lipinski definition) is 2. The second kappa shape index (κ2) is 4.31. The third-order valence-electron chi connectivity index (χ3n) is 2.97. The number of rotatable bonds is 1. The predicted molar refractivity (Wildman–Crippen MR) is 61.5 cm³/mol. The summed E-state index contributed by atoms with van der Waals surface area (Å²) < 4.78 is 4.61. The molecule has 0 heterocycles. The summed E-state index contributed by atoms with van der Waals surface area (Å²) in [5.74, 6) is -0.458. The Hall–Kier alpha value is -1.65. The van der Waals surface area contributed by atoms with E-state index in [9.17, 15) is 15.0 Å². The van der Waals surface area contributed by atoms with Crippen LogP contribution in [0.1, 0.15) is 40.6 Å². The van der Waals surface area contributed by atoms with E-state index >= 15 is 0 Å². The molecule has 1 aromatic rings. The summed E-state index contributed by atoms with van der Waals surface area (Å²) >= 11 is 0. The van der Waals surface area contributed by atoms with Gasteiger partial charge in [-0.05, 0) is 41.8 Å². The van der Waals surface area contributed by atoms with Crippen molar-refractivity contribution in [3.8, 4) is 0 Å². The fourth-order valence-corrected chi connectivity index (χ4v) is 2.00. The summed E-state index contributed by atoms with van der Waals surface area (Å²) in [5, 5.41) is 19.8. The molecule has 0 spiro atoms. The van der Waals surface area contributed by atoms with Crippen molar-refractivity contribution in [1.82, 2.24) is 0 Å². The smallest absolute Gasteiger partial charge is 0.337 e. The van der Waals surface area contributed by atoms with Gasteiger partial charge in [0.1, 0.15) is 6.10 Å². The Morgan fingerprint density at radius 1 is 1.29 bits per heavy atom. The molecule has 4 heteroatoms. The monoisotopic (exact) mass is 234 g/mol. The van der Waals surface area contributed by atoms with Crippen LogP contribution >= 0.6 is 0 Å². The van der Waals surface area contributed by atoms with Gasteiger partial charge in [0, 0.05) is 0 Å². The Morgan fingerprint density at radius 2 is 2.00 bits per heavy atom. The molecule has 0 fully saturated rings. The van der Waals surface area contributed by atoms with E-state index in [1.165, 1.54) is 7.11 Å². The summed E-state index contributed by atoms with van der Waals surface area (Å²) in [7, 11) is 1.30. The highest BCUT2D eigenvalue weighted by Gasteiger charge is 2.24. The van der Waals surface area contributed by atoms with Crippen LogP contribution in [0, 0.1) is 0 Å². The molecule has 0 radical (unpaired) electrons. The van der Waals surface area contributed by atoms with Crippen LogP contribution in [0.3, 0.4) is 0 Å². The quantitative estimate of drug-likeness (QED) is 0.571. The van der Waals surface area contributed by atoms with E-state index in [-0.39, 0.29) is 0 Å². The fraction of sp³-hybridized carbons (Fsp3) is 0.308. The molecule has 17 heavy (non-hydrogen) atoms. The summed E-state index contributed by atoms with van der Waals surface area (Å²) in [4.78, 5) is 11.4. The Morgan fingerprint density at radius 3 is 2.65 bits per heavy atom. The van der Waals surface area contributed by atoms with E-state index in [0.717, 1.165) is 0 Å². The highest BCUT2D eigenvalue weighted by molar-refractivity contribution is 5.89. The minimum atomic E-state index is -0.794. The zero-order valence-electron chi connectivity index (χ0n) is 9.68. The molecule has 2 N–H and O–H groups in total. The van der Waals surface area contributed by atoms with Crippen molar-refractivity contribution in [2.75, 3.05) is 7.11 Å².